The predicted octanol–water partition coefficient (Wildman–Crippen LogP) is 2.57. The van der Waals surface area contributed by atoms with Crippen LogP contribution in [0, 0.1) is 11.8 Å². The number of hydrogen-bond acceptors (Lipinski definition) is 2. The van der Waals surface area contributed by atoms with Gasteiger partial charge in [-0.3, -0.25) is 0 Å². The molecule has 2 heteroatoms. The summed E-state index contributed by atoms with van der Waals surface area (Å²) < 4.78 is 5.07. The van der Waals surface area contributed by atoms with Crippen LogP contribution in [0.4, 0.5) is 0 Å². The van der Waals surface area contributed by atoms with E-state index in [-0.39, 0.29) is 0 Å². The molecule has 1 unspecified atom stereocenters. The van der Waals surface area contributed by atoms with Gasteiger partial charge in [-0.05, 0) is 31.1 Å². The number of nitrogens with two attached hydrogens (primary N) is 1. The topological polar surface area (TPSA) is 35.2 Å². The lowest BCUT2D eigenvalue weighted by atomic mass is 9.77. The van der Waals surface area contributed by atoms with Crippen molar-refractivity contribution < 1.29 is 4.74 Å². The van der Waals surface area contributed by atoms with E-state index in [0.717, 1.165) is 24.9 Å². The summed E-state index contributed by atoms with van der Waals surface area (Å²) in [6.07, 6.45) is 7.83. The van der Waals surface area contributed by atoms with Crippen molar-refractivity contribution in [3.8, 4) is 0 Å². The maximum Gasteiger partial charge on any atom is 0.0477 e. The first kappa shape index (κ1) is 12.0. The van der Waals surface area contributed by atoms with Gasteiger partial charge in [0.2, 0.25) is 0 Å². The highest BCUT2D eigenvalue weighted by atomic mass is 16.5. The van der Waals surface area contributed by atoms with Crippen LogP contribution in [0.5, 0.6) is 0 Å². The van der Waals surface area contributed by atoms with Gasteiger partial charge < -0.3 is 10.5 Å². The summed E-state index contributed by atoms with van der Waals surface area (Å²) in [6.45, 7) is 3.12. The molecule has 1 aliphatic rings. The van der Waals surface area contributed by atoms with Crippen molar-refractivity contribution >= 4 is 0 Å². The van der Waals surface area contributed by atoms with E-state index >= 15 is 0 Å². The molecule has 2 N–H and O–H groups in total. The third kappa shape index (κ3) is 3.58. The molecule has 0 spiro atoms. The van der Waals surface area contributed by atoms with Gasteiger partial charge in [-0.15, -0.1) is 0 Å². The summed E-state index contributed by atoms with van der Waals surface area (Å²) in [7, 11) is 1.75. The van der Waals surface area contributed by atoms with Crippen LogP contribution in [0.2, 0.25) is 0 Å². The molecule has 1 atom stereocenters. The highest BCUT2D eigenvalue weighted by Crippen LogP contribution is 2.32. The first-order valence-electron chi connectivity index (χ1n) is 6.02. The molecule has 0 radical (unpaired) electrons. The van der Waals surface area contributed by atoms with Crippen molar-refractivity contribution in [2.45, 2.75) is 51.5 Å². The van der Waals surface area contributed by atoms with Crippen LogP contribution in [-0.2, 0) is 4.74 Å². The monoisotopic (exact) mass is 199 g/mol. The highest BCUT2D eigenvalue weighted by Gasteiger charge is 2.24. The molecule has 0 bridgehead atoms. The lowest BCUT2D eigenvalue weighted by molar-refractivity contribution is 0.163. The average Bonchev–Trinajstić information content (AvgIpc) is 2.26. The van der Waals surface area contributed by atoms with Gasteiger partial charge in [-0.2, -0.15) is 0 Å². The Morgan fingerprint density at radius 1 is 1.29 bits per heavy atom. The van der Waals surface area contributed by atoms with Crippen molar-refractivity contribution in [2.24, 2.45) is 17.6 Å². The van der Waals surface area contributed by atoms with Crippen molar-refractivity contribution in [3.63, 3.8) is 0 Å². The van der Waals surface area contributed by atoms with E-state index in [1.807, 2.05) is 0 Å². The van der Waals surface area contributed by atoms with Crippen molar-refractivity contribution in [3.05, 3.63) is 0 Å². The minimum atomic E-state index is 0.368. The van der Waals surface area contributed by atoms with E-state index in [9.17, 15) is 0 Å². The summed E-state index contributed by atoms with van der Waals surface area (Å²) in [5.74, 6) is 1.73. The van der Waals surface area contributed by atoms with Crippen LogP contribution < -0.4 is 5.73 Å². The molecule has 0 aliphatic heterocycles. The van der Waals surface area contributed by atoms with E-state index in [4.69, 9.17) is 10.5 Å². The number of ether oxygens (including phenoxy) is 1. The zero-order chi connectivity index (χ0) is 10.4. The third-order valence-corrected chi connectivity index (χ3v) is 3.73. The maximum absolute atomic E-state index is 6.14. The number of hydrogen-bond donors (Lipinski definition) is 1. The molecule has 2 nitrogen and oxygen atoms in total. The zero-order valence-corrected chi connectivity index (χ0v) is 9.67. The molecule has 0 aromatic rings. The molecule has 84 valence electrons. The van der Waals surface area contributed by atoms with Crippen LogP contribution >= 0.6 is 0 Å². The Balaban J connectivity index is 2.19. The molecule has 0 aromatic heterocycles. The summed E-state index contributed by atoms with van der Waals surface area (Å²) in [5.41, 5.74) is 6.14. The van der Waals surface area contributed by atoms with E-state index in [1.54, 1.807) is 7.11 Å². The molecule has 0 amide bonds. The Labute approximate surface area is 88.2 Å². The molecule has 1 saturated carbocycles. The third-order valence-electron chi connectivity index (χ3n) is 3.73. The Kier molecular flexibility index (Phi) is 5.49. The Bertz CT molecular complexity index is 141. The minimum absolute atomic E-state index is 0.368. The summed E-state index contributed by atoms with van der Waals surface area (Å²) in [4.78, 5) is 0. The van der Waals surface area contributed by atoms with Crippen molar-refractivity contribution in [2.75, 3.05) is 13.7 Å². The van der Waals surface area contributed by atoms with Crippen molar-refractivity contribution in [1.82, 2.24) is 0 Å². The van der Waals surface area contributed by atoms with Gasteiger partial charge in [0.25, 0.3) is 0 Å². The van der Waals surface area contributed by atoms with Crippen LogP contribution in [-0.4, -0.2) is 19.8 Å². The van der Waals surface area contributed by atoms with Crippen LogP contribution in [0.25, 0.3) is 0 Å². The van der Waals surface area contributed by atoms with Crippen LogP contribution in [0.3, 0.4) is 0 Å². The molecule has 1 rings (SSSR count). The second-order valence-corrected chi connectivity index (χ2v) is 4.63. The lowest BCUT2D eigenvalue weighted by Gasteiger charge is -2.31. The smallest absolute Gasteiger partial charge is 0.0477 e. The van der Waals surface area contributed by atoms with E-state index < -0.39 is 0 Å². The SMILES string of the molecule is CCC1CCC(C(N)CCOC)CC1. The fourth-order valence-electron chi connectivity index (χ4n) is 2.51. The molecule has 0 saturated heterocycles. The molecule has 1 aliphatic carbocycles. The van der Waals surface area contributed by atoms with Crippen molar-refractivity contribution in [1.29, 1.82) is 0 Å². The molecule has 1 fully saturated rings. The summed E-state index contributed by atoms with van der Waals surface area (Å²) in [5, 5.41) is 0. The maximum atomic E-state index is 6.14. The number of methoxy groups -OCH3 is 1. The lowest BCUT2D eigenvalue weighted by Crippen LogP contribution is -2.34. The first-order valence-corrected chi connectivity index (χ1v) is 6.02. The van der Waals surface area contributed by atoms with Gasteiger partial charge in [0, 0.05) is 19.8 Å². The molecule has 14 heavy (non-hydrogen) atoms. The van der Waals surface area contributed by atoms with E-state index in [1.165, 1.54) is 32.1 Å². The second-order valence-electron chi connectivity index (χ2n) is 4.63. The average molecular weight is 199 g/mol. The van der Waals surface area contributed by atoms with Gasteiger partial charge >= 0.3 is 0 Å². The Morgan fingerprint density at radius 3 is 2.43 bits per heavy atom. The van der Waals surface area contributed by atoms with Gasteiger partial charge in [0.15, 0.2) is 0 Å². The normalized spacial score (nSPS) is 30.2. The largest absolute Gasteiger partial charge is 0.385 e. The number of rotatable bonds is 5. The Hall–Kier alpha value is -0.0800. The highest BCUT2D eigenvalue weighted by molar-refractivity contribution is 4.79. The first-order chi connectivity index (χ1) is 6.77. The fourth-order valence-corrected chi connectivity index (χ4v) is 2.51. The molecular weight excluding hydrogens is 174 g/mol. The van der Waals surface area contributed by atoms with Gasteiger partial charge in [0.1, 0.15) is 0 Å². The summed E-state index contributed by atoms with van der Waals surface area (Å²) in [6, 6.07) is 0.368. The minimum Gasteiger partial charge on any atom is -0.385 e. The van der Waals surface area contributed by atoms with E-state index in [2.05, 4.69) is 6.92 Å². The van der Waals surface area contributed by atoms with Crippen LogP contribution in [0.15, 0.2) is 0 Å². The quantitative estimate of drug-likeness (QED) is 0.738. The van der Waals surface area contributed by atoms with Crippen LogP contribution in [0.1, 0.15) is 45.4 Å². The van der Waals surface area contributed by atoms with E-state index in [0.29, 0.717) is 6.04 Å². The molecule has 0 aromatic carbocycles. The van der Waals surface area contributed by atoms with Gasteiger partial charge in [-0.1, -0.05) is 26.2 Å². The standard InChI is InChI=1S/C12H25NO/c1-3-10-4-6-11(7-5-10)12(13)8-9-14-2/h10-12H,3-9,13H2,1-2H3. The molecular formula is C12H25NO. The predicted molar refractivity (Wildman–Crippen MR) is 60.2 cm³/mol. The fraction of sp³-hybridized carbons (Fsp3) is 1.00. The molecule has 0 heterocycles. The Morgan fingerprint density at radius 2 is 1.93 bits per heavy atom. The van der Waals surface area contributed by atoms with Gasteiger partial charge in [0.05, 0.1) is 0 Å². The van der Waals surface area contributed by atoms with Gasteiger partial charge in [-0.25, -0.2) is 0 Å². The second kappa shape index (κ2) is 6.41. The zero-order valence-electron chi connectivity index (χ0n) is 9.67. The summed E-state index contributed by atoms with van der Waals surface area (Å²) >= 11 is 0.